The highest BCUT2D eigenvalue weighted by Crippen LogP contribution is 2.21. The molecular formula is C21H22N2O. The van der Waals surface area contributed by atoms with Crippen molar-refractivity contribution in [2.45, 2.75) is 19.0 Å². The second-order valence-corrected chi connectivity index (χ2v) is 5.96. The quantitative estimate of drug-likeness (QED) is 0.717. The summed E-state index contributed by atoms with van der Waals surface area (Å²) in [5.41, 5.74) is 1.94. The Kier molecular flexibility index (Phi) is 4.92. The third-order valence-corrected chi connectivity index (χ3v) is 4.27. The van der Waals surface area contributed by atoms with Crippen molar-refractivity contribution < 1.29 is 4.79 Å². The lowest BCUT2D eigenvalue weighted by Gasteiger charge is -2.21. The number of hydrogen-bond donors (Lipinski definition) is 2. The fourth-order valence-electron chi connectivity index (χ4n) is 2.97. The molecule has 0 saturated heterocycles. The molecule has 3 aromatic rings. The van der Waals surface area contributed by atoms with Gasteiger partial charge in [0, 0.05) is 5.69 Å². The van der Waals surface area contributed by atoms with Gasteiger partial charge in [0.15, 0.2) is 5.78 Å². The van der Waals surface area contributed by atoms with E-state index in [0.29, 0.717) is 0 Å². The molecule has 2 atom stereocenters. The SMILES string of the molecule is CNC(C(=O)[C@H](C)Nc1ccc2ccccc2c1)c1ccccc1. The average molecular weight is 318 g/mol. The Bertz CT molecular complexity index is 829. The summed E-state index contributed by atoms with van der Waals surface area (Å²) in [4.78, 5) is 12.8. The molecule has 0 heterocycles. The van der Waals surface area contributed by atoms with E-state index in [2.05, 4.69) is 34.9 Å². The van der Waals surface area contributed by atoms with Crippen LogP contribution in [0.5, 0.6) is 0 Å². The predicted molar refractivity (Wildman–Crippen MR) is 100 cm³/mol. The molecule has 0 spiro atoms. The van der Waals surface area contributed by atoms with Crippen LogP contribution in [0.15, 0.2) is 72.8 Å². The van der Waals surface area contributed by atoms with Gasteiger partial charge in [-0.3, -0.25) is 4.79 Å². The predicted octanol–water partition coefficient (Wildman–Crippen LogP) is 4.17. The van der Waals surface area contributed by atoms with Crippen LogP contribution in [-0.2, 0) is 4.79 Å². The van der Waals surface area contributed by atoms with E-state index >= 15 is 0 Å². The molecule has 0 saturated carbocycles. The zero-order valence-electron chi connectivity index (χ0n) is 14.0. The van der Waals surface area contributed by atoms with Crippen molar-refractivity contribution in [1.82, 2.24) is 5.32 Å². The number of nitrogens with one attached hydrogen (secondary N) is 2. The second kappa shape index (κ2) is 7.28. The maximum Gasteiger partial charge on any atom is 0.176 e. The lowest BCUT2D eigenvalue weighted by atomic mass is 9.98. The standard InChI is InChI=1S/C21H22N2O/c1-15(21(24)20(22-2)17-9-4-3-5-10-17)23-19-13-12-16-8-6-7-11-18(16)14-19/h3-15,20,22-23H,1-2H3/t15-,20?/m0/s1. The van der Waals surface area contributed by atoms with Gasteiger partial charge >= 0.3 is 0 Å². The van der Waals surface area contributed by atoms with E-state index in [1.54, 1.807) is 0 Å². The van der Waals surface area contributed by atoms with E-state index in [-0.39, 0.29) is 17.9 Å². The number of carbonyl (C=O) groups is 1. The van der Waals surface area contributed by atoms with Crippen LogP contribution >= 0.6 is 0 Å². The highest BCUT2D eigenvalue weighted by molar-refractivity contribution is 5.93. The number of carbonyl (C=O) groups excluding carboxylic acids is 1. The van der Waals surface area contributed by atoms with Crippen molar-refractivity contribution in [3.63, 3.8) is 0 Å². The van der Waals surface area contributed by atoms with Crippen LogP contribution in [0, 0.1) is 0 Å². The average Bonchev–Trinajstić information content (AvgIpc) is 2.63. The van der Waals surface area contributed by atoms with E-state index < -0.39 is 0 Å². The number of anilines is 1. The van der Waals surface area contributed by atoms with Crippen LogP contribution in [0.1, 0.15) is 18.5 Å². The lowest BCUT2D eigenvalue weighted by Crippen LogP contribution is -2.36. The molecule has 0 aliphatic rings. The van der Waals surface area contributed by atoms with Gasteiger partial charge in [-0.2, -0.15) is 0 Å². The number of hydrogen-bond acceptors (Lipinski definition) is 3. The molecule has 3 aromatic carbocycles. The molecule has 0 radical (unpaired) electrons. The Morgan fingerprint density at radius 1 is 0.875 bits per heavy atom. The maximum atomic E-state index is 12.8. The summed E-state index contributed by atoms with van der Waals surface area (Å²) in [5, 5.41) is 8.81. The monoisotopic (exact) mass is 318 g/mol. The van der Waals surface area contributed by atoms with E-state index in [9.17, 15) is 4.79 Å². The summed E-state index contributed by atoms with van der Waals surface area (Å²) >= 11 is 0. The second-order valence-electron chi connectivity index (χ2n) is 5.96. The first kappa shape index (κ1) is 16.2. The summed E-state index contributed by atoms with van der Waals surface area (Å²) in [6.45, 7) is 1.91. The molecule has 3 heteroatoms. The number of rotatable bonds is 6. The Labute approximate surface area is 142 Å². The first-order valence-electron chi connectivity index (χ1n) is 8.20. The first-order chi connectivity index (χ1) is 11.7. The Morgan fingerprint density at radius 2 is 1.54 bits per heavy atom. The van der Waals surface area contributed by atoms with Crippen LogP contribution in [0.3, 0.4) is 0 Å². The lowest BCUT2D eigenvalue weighted by molar-refractivity contribution is -0.121. The van der Waals surface area contributed by atoms with Gasteiger partial charge in [0.1, 0.15) is 0 Å². The molecule has 24 heavy (non-hydrogen) atoms. The summed E-state index contributed by atoms with van der Waals surface area (Å²) in [6.07, 6.45) is 0. The van der Waals surface area contributed by atoms with E-state index in [4.69, 9.17) is 0 Å². The molecule has 0 amide bonds. The molecule has 0 aliphatic carbocycles. The van der Waals surface area contributed by atoms with Gasteiger partial charge in [-0.05, 0) is 42.4 Å². The van der Waals surface area contributed by atoms with Crippen molar-refractivity contribution >= 4 is 22.2 Å². The summed E-state index contributed by atoms with van der Waals surface area (Å²) in [5.74, 6) is 0.122. The van der Waals surface area contributed by atoms with Crippen molar-refractivity contribution in [3.8, 4) is 0 Å². The molecular weight excluding hydrogens is 296 g/mol. The maximum absolute atomic E-state index is 12.8. The van der Waals surface area contributed by atoms with Gasteiger partial charge in [0.05, 0.1) is 12.1 Å². The number of ketones is 1. The largest absolute Gasteiger partial charge is 0.375 e. The molecule has 3 nitrogen and oxygen atoms in total. The summed E-state index contributed by atoms with van der Waals surface area (Å²) < 4.78 is 0. The third-order valence-electron chi connectivity index (χ3n) is 4.27. The fourth-order valence-corrected chi connectivity index (χ4v) is 2.97. The van der Waals surface area contributed by atoms with Gasteiger partial charge in [-0.15, -0.1) is 0 Å². The number of Topliss-reactive ketones (excluding diaryl/α,β-unsaturated/α-hetero) is 1. The minimum atomic E-state index is -0.311. The van der Waals surface area contributed by atoms with E-state index in [1.165, 1.54) is 5.39 Å². The zero-order valence-corrected chi connectivity index (χ0v) is 14.0. The van der Waals surface area contributed by atoms with Crippen molar-refractivity contribution in [2.24, 2.45) is 0 Å². The van der Waals surface area contributed by atoms with E-state index in [1.807, 2.05) is 62.5 Å². The number of benzene rings is 3. The minimum absolute atomic E-state index is 0.122. The van der Waals surface area contributed by atoms with Crippen LogP contribution in [0.2, 0.25) is 0 Å². The van der Waals surface area contributed by atoms with Gasteiger partial charge in [-0.1, -0.05) is 60.7 Å². The topological polar surface area (TPSA) is 41.1 Å². The summed E-state index contributed by atoms with van der Waals surface area (Å²) in [6, 6.07) is 23.6. The third kappa shape index (κ3) is 3.47. The number of fused-ring (bicyclic) bond motifs is 1. The molecule has 1 unspecified atom stereocenters. The fraction of sp³-hybridized carbons (Fsp3) is 0.190. The molecule has 0 aliphatic heterocycles. The van der Waals surface area contributed by atoms with Crippen LogP contribution in [0.25, 0.3) is 10.8 Å². The molecule has 0 fully saturated rings. The smallest absolute Gasteiger partial charge is 0.176 e. The summed E-state index contributed by atoms with van der Waals surface area (Å²) in [7, 11) is 1.82. The molecule has 2 N–H and O–H groups in total. The molecule has 0 bridgehead atoms. The zero-order chi connectivity index (χ0) is 16.9. The first-order valence-corrected chi connectivity index (χ1v) is 8.20. The van der Waals surface area contributed by atoms with Crippen LogP contribution in [0.4, 0.5) is 5.69 Å². The highest BCUT2D eigenvalue weighted by atomic mass is 16.1. The van der Waals surface area contributed by atoms with Crippen LogP contribution < -0.4 is 10.6 Å². The van der Waals surface area contributed by atoms with Crippen molar-refractivity contribution in [3.05, 3.63) is 78.4 Å². The Hall–Kier alpha value is -2.65. The van der Waals surface area contributed by atoms with Gasteiger partial charge in [-0.25, -0.2) is 0 Å². The van der Waals surface area contributed by atoms with Gasteiger partial charge < -0.3 is 10.6 Å². The highest BCUT2D eigenvalue weighted by Gasteiger charge is 2.23. The van der Waals surface area contributed by atoms with Crippen LogP contribution in [-0.4, -0.2) is 18.9 Å². The minimum Gasteiger partial charge on any atom is -0.375 e. The van der Waals surface area contributed by atoms with Gasteiger partial charge in [0.25, 0.3) is 0 Å². The van der Waals surface area contributed by atoms with E-state index in [0.717, 1.165) is 16.6 Å². The number of likely N-dealkylation sites (N-methyl/N-ethyl adjacent to an activating group) is 1. The Balaban J connectivity index is 1.77. The van der Waals surface area contributed by atoms with Crippen molar-refractivity contribution in [1.29, 1.82) is 0 Å². The Morgan fingerprint density at radius 3 is 2.25 bits per heavy atom. The molecule has 3 rings (SSSR count). The molecule has 122 valence electrons. The molecule has 0 aromatic heterocycles. The normalized spacial score (nSPS) is 13.4. The van der Waals surface area contributed by atoms with Crippen molar-refractivity contribution in [2.75, 3.05) is 12.4 Å². The van der Waals surface area contributed by atoms with Gasteiger partial charge in [0.2, 0.25) is 0 Å².